The minimum atomic E-state index is -0.488. The van der Waals surface area contributed by atoms with E-state index in [4.69, 9.17) is 9.47 Å². The molecule has 0 unspecified atom stereocenters. The number of ether oxygens (including phenoxy) is 2. The predicted molar refractivity (Wildman–Crippen MR) is 108 cm³/mol. The quantitative estimate of drug-likeness (QED) is 0.479. The molecule has 5 nitrogen and oxygen atoms in total. The van der Waals surface area contributed by atoms with Crippen LogP contribution in [0.1, 0.15) is 41.5 Å². The Bertz CT molecular complexity index is 510. The molecule has 0 spiro atoms. The Kier molecular flexibility index (Phi) is 11.8. The van der Waals surface area contributed by atoms with Gasteiger partial charge in [-0.1, -0.05) is 13.8 Å². The third-order valence-corrected chi connectivity index (χ3v) is 3.12. The number of aliphatic imine (C=N–C) groups is 1. The van der Waals surface area contributed by atoms with E-state index in [1.54, 1.807) is 22.2 Å². The zero-order chi connectivity index (χ0) is 19.3. The molecule has 0 aliphatic carbocycles. The van der Waals surface area contributed by atoms with E-state index in [1.807, 2.05) is 72.1 Å². The van der Waals surface area contributed by atoms with Gasteiger partial charge in [0.15, 0.2) is 0 Å². The summed E-state index contributed by atoms with van der Waals surface area (Å²) in [6, 6.07) is 7.54. The number of thioether (sulfide) groups is 1. The van der Waals surface area contributed by atoms with Crippen LogP contribution in [0.2, 0.25) is 0 Å². The summed E-state index contributed by atoms with van der Waals surface area (Å²) in [7, 11) is 0. The monoisotopic (exact) mass is 368 g/mol. The molecule has 0 N–H and O–H groups in total. The second-order valence-electron chi connectivity index (χ2n) is 5.87. The number of hydrogen-bond acceptors (Lipinski definition) is 5. The van der Waals surface area contributed by atoms with E-state index in [2.05, 4.69) is 4.99 Å². The fourth-order valence-electron chi connectivity index (χ4n) is 1.72. The third-order valence-electron chi connectivity index (χ3n) is 2.81. The average molecular weight is 369 g/mol. The fourth-order valence-corrected chi connectivity index (χ4v) is 1.95. The maximum atomic E-state index is 12.0. The number of amides is 1. The van der Waals surface area contributed by atoms with E-state index < -0.39 is 5.60 Å². The molecule has 1 aromatic carbocycles. The molecule has 0 heterocycles. The second kappa shape index (κ2) is 12.6. The van der Waals surface area contributed by atoms with Crippen LogP contribution in [-0.2, 0) is 4.74 Å². The Hall–Kier alpha value is -1.69. The van der Waals surface area contributed by atoms with Gasteiger partial charge in [0, 0.05) is 6.54 Å². The van der Waals surface area contributed by atoms with Crippen LogP contribution >= 0.6 is 11.8 Å². The first-order chi connectivity index (χ1) is 11.9. The Labute approximate surface area is 156 Å². The zero-order valence-electron chi connectivity index (χ0n) is 16.5. The predicted octanol–water partition coefficient (Wildman–Crippen LogP) is 5.37. The highest BCUT2D eigenvalue weighted by Gasteiger charge is 2.20. The maximum Gasteiger partial charge on any atom is 0.410 e. The van der Waals surface area contributed by atoms with Crippen LogP contribution in [0, 0.1) is 0 Å². The summed E-state index contributed by atoms with van der Waals surface area (Å²) < 4.78 is 11.0. The summed E-state index contributed by atoms with van der Waals surface area (Å²) in [6.07, 6.45) is 1.65. The van der Waals surface area contributed by atoms with Crippen molar-refractivity contribution in [2.75, 3.05) is 26.0 Å². The van der Waals surface area contributed by atoms with Crippen molar-refractivity contribution in [2.45, 2.75) is 47.1 Å². The van der Waals surface area contributed by atoms with Gasteiger partial charge in [-0.2, -0.15) is 0 Å². The summed E-state index contributed by atoms with van der Waals surface area (Å²) in [5, 5.41) is 0. The molecule has 6 heteroatoms. The number of carbonyl (C=O) groups excluding carboxylic acids is 1. The van der Waals surface area contributed by atoms with Gasteiger partial charge in [0.1, 0.15) is 18.0 Å². The van der Waals surface area contributed by atoms with Gasteiger partial charge >= 0.3 is 6.09 Å². The van der Waals surface area contributed by atoms with E-state index in [-0.39, 0.29) is 6.09 Å². The molecule has 0 aliphatic heterocycles. The van der Waals surface area contributed by atoms with Crippen LogP contribution in [0.3, 0.4) is 0 Å². The van der Waals surface area contributed by atoms with Crippen molar-refractivity contribution in [3.63, 3.8) is 0 Å². The highest BCUT2D eigenvalue weighted by Crippen LogP contribution is 2.18. The van der Waals surface area contributed by atoms with Gasteiger partial charge in [-0.25, -0.2) is 4.79 Å². The molecule has 0 radical (unpaired) electrons. The lowest BCUT2D eigenvalue weighted by Crippen LogP contribution is -2.38. The summed E-state index contributed by atoms with van der Waals surface area (Å²) in [4.78, 5) is 17.9. The lowest BCUT2D eigenvalue weighted by molar-refractivity contribution is 0.0237. The van der Waals surface area contributed by atoms with E-state index in [0.717, 1.165) is 11.4 Å². The Balaban J connectivity index is 0.00000277. The fraction of sp³-hybridized carbons (Fsp3) is 0.579. The van der Waals surface area contributed by atoms with Crippen molar-refractivity contribution < 1.29 is 14.3 Å². The van der Waals surface area contributed by atoms with Crippen LogP contribution in [0.25, 0.3) is 0 Å². The van der Waals surface area contributed by atoms with Crippen LogP contribution in [0.15, 0.2) is 29.3 Å². The maximum absolute atomic E-state index is 12.0. The van der Waals surface area contributed by atoms with Gasteiger partial charge < -0.3 is 14.4 Å². The van der Waals surface area contributed by atoms with Gasteiger partial charge in [0.2, 0.25) is 0 Å². The molecule has 0 aromatic heterocycles. The molecule has 0 aliphatic rings. The lowest BCUT2D eigenvalue weighted by atomic mass is 10.2. The molecule has 0 atom stereocenters. The Morgan fingerprint density at radius 3 is 2.32 bits per heavy atom. The van der Waals surface area contributed by atoms with E-state index >= 15 is 0 Å². The average Bonchev–Trinajstić information content (AvgIpc) is 2.58. The van der Waals surface area contributed by atoms with Crippen molar-refractivity contribution in [1.29, 1.82) is 0 Å². The molecular formula is C19H32N2O3S. The Morgan fingerprint density at radius 1 is 1.24 bits per heavy atom. The minimum Gasteiger partial charge on any atom is -0.492 e. The molecular weight excluding hydrogens is 336 g/mol. The topological polar surface area (TPSA) is 51.1 Å². The highest BCUT2D eigenvalue weighted by atomic mass is 32.2. The van der Waals surface area contributed by atoms with Gasteiger partial charge in [-0.05, 0) is 58.2 Å². The minimum absolute atomic E-state index is 0.314. The van der Waals surface area contributed by atoms with Crippen molar-refractivity contribution >= 4 is 29.1 Å². The zero-order valence-corrected chi connectivity index (χ0v) is 17.4. The number of rotatable bonds is 7. The van der Waals surface area contributed by atoms with Crippen LogP contribution in [-0.4, -0.2) is 48.1 Å². The van der Waals surface area contributed by atoms with Crippen LogP contribution in [0.5, 0.6) is 5.75 Å². The number of nitrogens with zero attached hydrogens (tertiary/aromatic N) is 2. The lowest BCUT2D eigenvalue weighted by Gasteiger charge is -2.26. The summed E-state index contributed by atoms with van der Waals surface area (Å²) in [5.41, 5.74) is 2.18. The smallest absolute Gasteiger partial charge is 0.410 e. The molecule has 0 saturated heterocycles. The molecule has 142 valence electrons. The van der Waals surface area contributed by atoms with E-state index in [0.29, 0.717) is 19.7 Å². The first kappa shape index (κ1) is 23.3. The van der Waals surface area contributed by atoms with Crippen LogP contribution in [0.4, 0.5) is 10.5 Å². The van der Waals surface area contributed by atoms with Gasteiger partial charge in [-0.3, -0.25) is 4.99 Å². The highest BCUT2D eigenvalue weighted by molar-refractivity contribution is 8.11. The summed E-state index contributed by atoms with van der Waals surface area (Å²) in [5.74, 6) is 0.758. The molecule has 1 aromatic rings. The molecule has 1 amide bonds. The van der Waals surface area contributed by atoms with Gasteiger partial charge in [0.05, 0.1) is 17.8 Å². The molecule has 1 rings (SSSR count). The van der Waals surface area contributed by atoms with E-state index in [9.17, 15) is 4.79 Å². The number of benzene rings is 1. The number of likely N-dealkylation sites (N-methyl/N-ethyl adjacent to an activating group) is 1. The SMILES string of the molecule is CC.CCN(CCOc1ccc(N=CSC)cc1)C(=O)OC(C)(C)C. The van der Waals surface area contributed by atoms with E-state index in [1.165, 1.54) is 0 Å². The molecule has 0 saturated carbocycles. The molecule has 0 fully saturated rings. The summed E-state index contributed by atoms with van der Waals surface area (Å²) in [6.45, 7) is 13.0. The number of carbonyl (C=O) groups is 1. The Morgan fingerprint density at radius 2 is 1.84 bits per heavy atom. The first-order valence-corrected chi connectivity index (χ1v) is 9.90. The number of hydrogen-bond donors (Lipinski definition) is 0. The first-order valence-electron chi connectivity index (χ1n) is 8.62. The third kappa shape index (κ3) is 10.7. The van der Waals surface area contributed by atoms with Gasteiger partial charge in [-0.15, -0.1) is 11.8 Å². The van der Waals surface area contributed by atoms with Crippen molar-refractivity contribution in [2.24, 2.45) is 4.99 Å². The van der Waals surface area contributed by atoms with Crippen molar-refractivity contribution in [1.82, 2.24) is 4.90 Å². The van der Waals surface area contributed by atoms with Gasteiger partial charge in [0.25, 0.3) is 0 Å². The normalized spacial score (nSPS) is 10.8. The molecule has 25 heavy (non-hydrogen) atoms. The molecule has 0 bridgehead atoms. The second-order valence-corrected chi connectivity index (χ2v) is 6.55. The van der Waals surface area contributed by atoms with Crippen LogP contribution < -0.4 is 4.74 Å². The van der Waals surface area contributed by atoms with Crippen molar-refractivity contribution in [3.8, 4) is 5.75 Å². The standard InChI is InChI=1S/C17H26N2O3S.C2H6/c1-6-19(16(20)22-17(2,3)4)11-12-21-15-9-7-14(8-10-15)18-13-23-5;1-2/h7-10,13H,6,11-12H2,1-5H3;1-2H3. The van der Waals surface area contributed by atoms with Crippen molar-refractivity contribution in [3.05, 3.63) is 24.3 Å². The largest absolute Gasteiger partial charge is 0.492 e. The summed E-state index contributed by atoms with van der Waals surface area (Å²) >= 11 is 1.55.